The first-order chi connectivity index (χ1) is 13.5. The van der Waals surface area contributed by atoms with E-state index in [1.54, 1.807) is 42.5 Å². The molecule has 0 saturated heterocycles. The predicted octanol–water partition coefficient (Wildman–Crippen LogP) is 2.90. The average Bonchev–Trinajstić information content (AvgIpc) is 2.95. The first-order valence-electron chi connectivity index (χ1n) is 9.01. The van der Waals surface area contributed by atoms with Crippen molar-refractivity contribution in [1.29, 1.82) is 0 Å². The Balaban J connectivity index is 1.71. The molecular weight excluding hydrogens is 379 g/mol. The summed E-state index contributed by atoms with van der Waals surface area (Å²) in [7, 11) is 0. The van der Waals surface area contributed by atoms with Crippen LogP contribution in [-0.4, -0.2) is 47.2 Å². The van der Waals surface area contributed by atoms with E-state index in [4.69, 9.17) is 0 Å². The largest absolute Gasteiger partial charge is 0.354 e. The molecule has 0 aliphatic carbocycles. The van der Waals surface area contributed by atoms with Gasteiger partial charge in [0.25, 0.3) is 11.8 Å². The van der Waals surface area contributed by atoms with Crippen LogP contribution in [0.2, 0.25) is 0 Å². The Morgan fingerprint density at radius 3 is 2.29 bits per heavy atom. The van der Waals surface area contributed by atoms with Gasteiger partial charge in [0.1, 0.15) is 11.9 Å². The molecule has 1 aliphatic heterocycles. The molecule has 0 fully saturated rings. The highest BCUT2D eigenvalue weighted by Gasteiger charge is 2.42. The number of carbonyl (C=O) groups excluding carboxylic acids is 3. The van der Waals surface area contributed by atoms with Crippen molar-refractivity contribution >= 4 is 29.5 Å². The van der Waals surface area contributed by atoms with E-state index >= 15 is 0 Å². The second kappa shape index (κ2) is 9.01. The summed E-state index contributed by atoms with van der Waals surface area (Å²) in [5, 5.41) is 2.75. The van der Waals surface area contributed by atoms with Crippen LogP contribution in [0, 0.1) is 5.82 Å². The molecule has 1 aliphatic rings. The molecule has 3 amide bonds. The standard InChI is InChI=1S/C21H21FN2O3S/c1-28-13-11-18(19(25)23-12-10-14-6-2-5-9-17(14)22)24-20(26)15-7-3-4-8-16(15)21(24)27/h2-9,18H,10-13H2,1H3,(H,23,25). The molecule has 1 N–H and O–H groups in total. The number of nitrogens with zero attached hydrogens (tertiary/aromatic N) is 1. The highest BCUT2D eigenvalue weighted by molar-refractivity contribution is 7.98. The monoisotopic (exact) mass is 400 g/mol. The molecule has 2 aromatic rings. The molecule has 1 atom stereocenters. The van der Waals surface area contributed by atoms with Crippen molar-refractivity contribution < 1.29 is 18.8 Å². The van der Waals surface area contributed by atoms with Gasteiger partial charge in [0, 0.05) is 6.54 Å². The van der Waals surface area contributed by atoms with Gasteiger partial charge in [0.2, 0.25) is 5.91 Å². The van der Waals surface area contributed by atoms with E-state index in [1.807, 2.05) is 6.26 Å². The third kappa shape index (κ3) is 4.09. The molecule has 146 valence electrons. The van der Waals surface area contributed by atoms with Crippen LogP contribution < -0.4 is 5.32 Å². The maximum absolute atomic E-state index is 13.7. The summed E-state index contributed by atoms with van der Waals surface area (Å²) in [6.07, 6.45) is 2.59. The van der Waals surface area contributed by atoms with Crippen LogP contribution in [0.1, 0.15) is 32.7 Å². The lowest BCUT2D eigenvalue weighted by atomic mass is 10.1. The van der Waals surface area contributed by atoms with Crippen LogP contribution in [0.3, 0.4) is 0 Å². The lowest BCUT2D eigenvalue weighted by Gasteiger charge is -2.25. The number of amides is 3. The molecule has 28 heavy (non-hydrogen) atoms. The van der Waals surface area contributed by atoms with Crippen LogP contribution in [0.5, 0.6) is 0 Å². The number of halogens is 1. The molecule has 7 heteroatoms. The van der Waals surface area contributed by atoms with Gasteiger partial charge >= 0.3 is 0 Å². The van der Waals surface area contributed by atoms with Crippen molar-refractivity contribution in [2.24, 2.45) is 0 Å². The number of hydrogen-bond acceptors (Lipinski definition) is 4. The molecule has 0 spiro atoms. The number of benzene rings is 2. The number of imide groups is 1. The SMILES string of the molecule is CSCCC(C(=O)NCCc1ccccc1F)N1C(=O)c2ccccc2C1=O. The lowest BCUT2D eigenvalue weighted by Crippen LogP contribution is -2.50. The number of rotatable bonds is 8. The maximum Gasteiger partial charge on any atom is 0.262 e. The van der Waals surface area contributed by atoms with Gasteiger partial charge in [-0.1, -0.05) is 30.3 Å². The van der Waals surface area contributed by atoms with E-state index in [-0.39, 0.29) is 12.4 Å². The van der Waals surface area contributed by atoms with Gasteiger partial charge in [0.05, 0.1) is 11.1 Å². The maximum atomic E-state index is 13.7. The van der Waals surface area contributed by atoms with Gasteiger partial charge < -0.3 is 5.32 Å². The summed E-state index contributed by atoms with van der Waals surface area (Å²) in [6.45, 7) is 0.221. The summed E-state index contributed by atoms with van der Waals surface area (Å²) in [5.74, 6) is -0.999. The number of thioether (sulfide) groups is 1. The van der Waals surface area contributed by atoms with E-state index < -0.39 is 23.8 Å². The van der Waals surface area contributed by atoms with Crippen LogP contribution in [0.25, 0.3) is 0 Å². The molecule has 2 aromatic carbocycles. The van der Waals surface area contributed by atoms with Crippen LogP contribution in [0.15, 0.2) is 48.5 Å². The van der Waals surface area contributed by atoms with Gasteiger partial charge in [-0.2, -0.15) is 11.8 Å². The first kappa shape index (κ1) is 20.1. The van der Waals surface area contributed by atoms with Crippen molar-refractivity contribution in [1.82, 2.24) is 10.2 Å². The second-order valence-electron chi connectivity index (χ2n) is 6.46. The van der Waals surface area contributed by atoms with Gasteiger partial charge in [-0.05, 0) is 48.6 Å². The number of carbonyl (C=O) groups is 3. The Bertz CT molecular complexity index is 868. The lowest BCUT2D eigenvalue weighted by molar-refractivity contribution is -0.125. The van der Waals surface area contributed by atoms with E-state index in [1.165, 1.54) is 17.8 Å². The van der Waals surface area contributed by atoms with Crippen molar-refractivity contribution in [2.45, 2.75) is 18.9 Å². The molecule has 0 aromatic heterocycles. The molecule has 1 unspecified atom stereocenters. The number of hydrogen-bond donors (Lipinski definition) is 1. The fraction of sp³-hybridized carbons (Fsp3) is 0.286. The Kier molecular flexibility index (Phi) is 6.46. The fourth-order valence-electron chi connectivity index (χ4n) is 3.24. The summed E-state index contributed by atoms with van der Waals surface area (Å²) in [6, 6.07) is 12.1. The van der Waals surface area contributed by atoms with Gasteiger partial charge in [-0.3, -0.25) is 19.3 Å². The van der Waals surface area contributed by atoms with Gasteiger partial charge in [0.15, 0.2) is 0 Å². The second-order valence-corrected chi connectivity index (χ2v) is 7.44. The summed E-state index contributed by atoms with van der Waals surface area (Å²) < 4.78 is 13.7. The highest BCUT2D eigenvalue weighted by atomic mass is 32.2. The van der Waals surface area contributed by atoms with Crippen molar-refractivity contribution in [3.63, 3.8) is 0 Å². The van der Waals surface area contributed by atoms with Crippen LogP contribution in [0.4, 0.5) is 4.39 Å². The minimum atomic E-state index is -0.888. The Hall–Kier alpha value is -2.67. The molecule has 1 heterocycles. The summed E-state index contributed by atoms with van der Waals surface area (Å²) in [5.41, 5.74) is 1.14. The third-order valence-corrected chi connectivity index (χ3v) is 5.33. The predicted molar refractivity (Wildman–Crippen MR) is 107 cm³/mol. The fourth-order valence-corrected chi connectivity index (χ4v) is 3.70. The Morgan fingerprint density at radius 1 is 1.07 bits per heavy atom. The van der Waals surface area contributed by atoms with Crippen molar-refractivity contribution in [3.8, 4) is 0 Å². The zero-order chi connectivity index (χ0) is 20.1. The van der Waals surface area contributed by atoms with E-state index in [2.05, 4.69) is 5.32 Å². The summed E-state index contributed by atoms with van der Waals surface area (Å²) in [4.78, 5) is 39.3. The van der Waals surface area contributed by atoms with E-state index in [0.717, 1.165) is 4.90 Å². The van der Waals surface area contributed by atoms with Gasteiger partial charge in [-0.15, -0.1) is 0 Å². The molecule has 0 radical (unpaired) electrons. The normalized spacial score (nSPS) is 14.1. The number of fused-ring (bicyclic) bond motifs is 1. The number of nitrogens with one attached hydrogen (secondary N) is 1. The van der Waals surface area contributed by atoms with Gasteiger partial charge in [-0.25, -0.2) is 4.39 Å². The zero-order valence-electron chi connectivity index (χ0n) is 15.5. The van der Waals surface area contributed by atoms with Crippen molar-refractivity contribution in [2.75, 3.05) is 18.6 Å². The summed E-state index contributed by atoms with van der Waals surface area (Å²) >= 11 is 1.54. The quantitative estimate of drug-likeness (QED) is 0.692. The zero-order valence-corrected chi connectivity index (χ0v) is 16.3. The molecular formula is C21H21FN2O3S. The molecule has 0 saturated carbocycles. The minimum Gasteiger partial charge on any atom is -0.354 e. The third-order valence-electron chi connectivity index (χ3n) is 4.69. The smallest absolute Gasteiger partial charge is 0.262 e. The van der Waals surface area contributed by atoms with Crippen molar-refractivity contribution in [3.05, 3.63) is 71.0 Å². The molecule has 0 bridgehead atoms. The van der Waals surface area contributed by atoms with Crippen LogP contribution >= 0.6 is 11.8 Å². The Morgan fingerprint density at radius 2 is 1.68 bits per heavy atom. The molecule has 5 nitrogen and oxygen atoms in total. The molecule has 3 rings (SSSR count). The van der Waals surface area contributed by atoms with E-state index in [9.17, 15) is 18.8 Å². The van der Waals surface area contributed by atoms with Crippen LogP contribution in [-0.2, 0) is 11.2 Å². The first-order valence-corrected chi connectivity index (χ1v) is 10.4. The topological polar surface area (TPSA) is 66.5 Å². The minimum absolute atomic E-state index is 0.221. The highest BCUT2D eigenvalue weighted by Crippen LogP contribution is 2.26. The Labute approximate surface area is 167 Å². The average molecular weight is 400 g/mol. The van der Waals surface area contributed by atoms with E-state index in [0.29, 0.717) is 35.3 Å².